The van der Waals surface area contributed by atoms with Crippen LogP contribution in [0.1, 0.15) is 25.3 Å². The van der Waals surface area contributed by atoms with E-state index in [1.807, 2.05) is 0 Å². The summed E-state index contributed by atoms with van der Waals surface area (Å²) in [4.78, 5) is 23.2. The molecule has 0 fully saturated rings. The molecule has 0 radical (unpaired) electrons. The summed E-state index contributed by atoms with van der Waals surface area (Å²) in [6, 6.07) is 8.65. The van der Waals surface area contributed by atoms with Gasteiger partial charge in [-0.3, -0.25) is 4.79 Å². The van der Waals surface area contributed by atoms with Crippen molar-refractivity contribution < 1.29 is 19.4 Å². The summed E-state index contributed by atoms with van der Waals surface area (Å²) in [7, 11) is 1.56. The van der Waals surface area contributed by atoms with Crippen LogP contribution in [0.5, 0.6) is 0 Å². The molecule has 5 heteroatoms. The van der Waals surface area contributed by atoms with Crippen LogP contribution in [-0.4, -0.2) is 30.7 Å². The van der Waals surface area contributed by atoms with Gasteiger partial charge in [0.2, 0.25) is 5.91 Å². The third-order valence-electron chi connectivity index (χ3n) is 2.92. The molecule has 0 aliphatic heterocycles. The molecule has 0 aliphatic rings. The van der Waals surface area contributed by atoms with Gasteiger partial charge in [-0.15, -0.1) is 0 Å². The number of carboxylic acid groups (broad SMARTS) is 1. The van der Waals surface area contributed by atoms with E-state index in [0.29, 0.717) is 18.6 Å². The summed E-state index contributed by atoms with van der Waals surface area (Å²) >= 11 is 0. The minimum absolute atomic E-state index is 0.240. The van der Waals surface area contributed by atoms with E-state index in [-0.39, 0.29) is 12.3 Å². The molecule has 19 heavy (non-hydrogen) atoms. The predicted octanol–water partition coefficient (Wildman–Crippen LogP) is 1.53. The zero-order valence-electron chi connectivity index (χ0n) is 11.2. The Balaban J connectivity index is 2.78. The average molecular weight is 265 g/mol. The van der Waals surface area contributed by atoms with Crippen LogP contribution in [0, 0.1) is 0 Å². The number of carbonyl (C=O) groups is 2. The highest BCUT2D eigenvalue weighted by Gasteiger charge is 2.36. The molecule has 1 rings (SSSR count). The number of ether oxygens (including phenoxy) is 1. The molecule has 2 N–H and O–H groups in total. The minimum atomic E-state index is -1.41. The van der Waals surface area contributed by atoms with Gasteiger partial charge in [-0.05, 0) is 18.9 Å². The van der Waals surface area contributed by atoms with Crippen molar-refractivity contribution in [2.45, 2.75) is 25.3 Å². The van der Waals surface area contributed by atoms with Gasteiger partial charge in [0.25, 0.3) is 0 Å². The van der Waals surface area contributed by atoms with Gasteiger partial charge in [-0.1, -0.05) is 30.3 Å². The predicted molar refractivity (Wildman–Crippen MR) is 70.7 cm³/mol. The highest BCUT2D eigenvalue weighted by atomic mass is 16.5. The molecule has 1 aromatic carbocycles. The van der Waals surface area contributed by atoms with Gasteiger partial charge in [0.1, 0.15) is 0 Å². The third kappa shape index (κ3) is 4.06. The van der Waals surface area contributed by atoms with Crippen molar-refractivity contribution in [2.75, 3.05) is 13.7 Å². The molecular formula is C14H19NO4. The Morgan fingerprint density at radius 1 is 1.32 bits per heavy atom. The maximum absolute atomic E-state index is 11.8. The SMILES string of the molecule is COCCCC(=O)NC(C)(C(=O)O)c1ccccc1. The third-order valence-corrected chi connectivity index (χ3v) is 2.92. The molecule has 1 atom stereocenters. The molecule has 104 valence electrons. The Hall–Kier alpha value is -1.88. The topological polar surface area (TPSA) is 75.6 Å². The Morgan fingerprint density at radius 3 is 2.47 bits per heavy atom. The first-order valence-electron chi connectivity index (χ1n) is 6.09. The molecule has 0 aliphatic carbocycles. The zero-order valence-corrected chi connectivity index (χ0v) is 11.2. The fourth-order valence-electron chi connectivity index (χ4n) is 1.74. The van der Waals surface area contributed by atoms with Crippen LogP contribution in [0.15, 0.2) is 30.3 Å². The number of nitrogens with one attached hydrogen (secondary N) is 1. The second-order valence-electron chi connectivity index (χ2n) is 4.44. The lowest BCUT2D eigenvalue weighted by atomic mass is 9.92. The highest BCUT2D eigenvalue weighted by molar-refractivity contribution is 5.87. The first-order valence-corrected chi connectivity index (χ1v) is 6.09. The number of benzene rings is 1. The van der Waals surface area contributed by atoms with Gasteiger partial charge >= 0.3 is 5.97 Å². The summed E-state index contributed by atoms with van der Waals surface area (Å²) in [6.07, 6.45) is 0.802. The highest BCUT2D eigenvalue weighted by Crippen LogP contribution is 2.21. The zero-order chi connectivity index (χ0) is 14.3. The Bertz CT molecular complexity index is 432. The van der Waals surface area contributed by atoms with Gasteiger partial charge in [-0.25, -0.2) is 4.79 Å². The van der Waals surface area contributed by atoms with Crippen molar-refractivity contribution in [3.63, 3.8) is 0 Å². The van der Waals surface area contributed by atoms with E-state index < -0.39 is 11.5 Å². The van der Waals surface area contributed by atoms with Gasteiger partial charge in [0, 0.05) is 20.1 Å². The molecule has 1 amide bonds. The summed E-state index contributed by atoms with van der Waals surface area (Å²) in [5.74, 6) is -1.38. The summed E-state index contributed by atoms with van der Waals surface area (Å²) < 4.78 is 4.86. The Morgan fingerprint density at radius 2 is 1.95 bits per heavy atom. The number of hydrogen-bond donors (Lipinski definition) is 2. The van der Waals surface area contributed by atoms with Gasteiger partial charge in [-0.2, -0.15) is 0 Å². The average Bonchev–Trinajstić information content (AvgIpc) is 2.39. The van der Waals surface area contributed by atoms with E-state index >= 15 is 0 Å². The van der Waals surface area contributed by atoms with Crippen LogP contribution < -0.4 is 5.32 Å². The maximum Gasteiger partial charge on any atom is 0.333 e. The van der Waals surface area contributed by atoms with Crippen molar-refractivity contribution in [3.8, 4) is 0 Å². The van der Waals surface area contributed by atoms with E-state index in [1.54, 1.807) is 37.4 Å². The number of amides is 1. The second-order valence-corrected chi connectivity index (χ2v) is 4.44. The van der Waals surface area contributed by atoms with Crippen molar-refractivity contribution in [1.82, 2.24) is 5.32 Å². The maximum atomic E-state index is 11.8. The first kappa shape index (κ1) is 15.2. The summed E-state index contributed by atoms with van der Waals surface area (Å²) in [5, 5.41) is 11.9. The monoisotopic (exact) mass is 265 g/mol. The van der Waals surface area contributed by atoms with E-state index in [1.165, 1.54) is 6.92 Å². The molecule has 1 aromatic rings. The molecule has 0 heterocycles. The Labute approximate surface area is 112 Å². The van der Waals surface area contributed by atoms with Crippen molar-refractivity contribution in [3.05, 3.63) is 35.9 Å². The number of methoxy groups -OCH3 is 1. The quantitative estimate of drug-likeness (QED) is 0.733. The minimum Gasteiger partial charge on any atom is -0.479 e. The fraction of sp³-hybridized carbons (Fsp3) is 0.429. The molecule has 5 nitrogen and oxygen atoms in total. The lowest BCUT2D eigenvalue weighted by Crippen LogP contribution is -2.49. The van der Waals surface area contributed by atoms with Gasteiger partial charge < -0.3 is 15.2 Å². The van der Waals surface area contributed by atoms with E-state index in [9.17, 15) is 14.7 Å². The molecular weight excluding hydrogens is 246 g/mol. The number of hydrogen-bond acceptors (Lipinski definition) is 3. The standard InChI is InChI=1S/C14H19NO4/c1-14(13(17)18,11-7-4-3-5-8-11)15-12(16)9-6-10-19-2/h3-5,7-8H,6,9-10H2,1-2H3,(H,15,16)(H,17,18). The smallest absolute Gasteiger partial charge is 0.333 e. The van der Waals surface area contributed by atoms with Gasteiger partial charge in [0.05, 0.1) is 0 Å². The Kier molecular flexibility index (Phi) is 5.51. The van der Waals surface area contributed by atoms with Crippen molar-refractivity contribution >= 4 is 11.9 Å². The second kappa shape index (κ2) is 6.89. The van der Waals surface area contributed by atoms with E-state index in [4.69, 9.17) is 4.74 Å². The largest absolute Gasteiger partial charge is 0.479 e. The molecule has 0 spiro atoms. The molecule has 1 unspecified atom stereocenters. The normalized spacial score (nSPS) is 13.6. The summed E-state index contributed by atoms with van der Waals surface area (Å²) in [6.45, 7) is 1.96. The number of aliphatic carboxylic acids is 1. The fourth-order valence-corrected chi connectivity index (χ4v) is 1.74. The molecule has 0 saturated heterocycles. The van der Waals surface area contributed by atoms with E-state index in [2.05, 4.69) is 5.32 Å². The lowest BCUT2D eigenvalue weighted by Gasteiger charge is -2.26. The van der Waals surface area contributed by atoms with Crippen LogP contribution in [0.25, 0.3) is 0 Å². The number of carboxylic acids is 1. The van der Waals surface area contributed by atoms with Crippen LogP contribution >= 0.6 is 0 Å². The molecule has 0 saturated carbocycles. The van der Waals surface area contributed by atoms with Gasteiger partial charge in [0.15, 0.2) is 5.54 Å². The lowest BCUT2D eigenvalue weighted by molar-refractivity contribution is -0.147. The van der Waals surface area contributed by atoms with Crippen LogP contribution in [-0.2, 0) is 19.9 Å². The number of rotatable bonds is 7. The van der Waals surface area contributed by atoms with Crippen LogP contribution in [0.2, 0.25) is 0 Å². The van der Waals surface area contributed by atoms with Crippen LogP contribution in [0.3, 0.4) is 0 Å². The van der Waals surface area contributed by atoms with Crippen LogP contribution in [0.4, 0.5) is 0 Å². The molecule has 0 aromatic heterocycles. The van der Waals surface area contributed by atoms with Crippen molar-refractivity contribution in [1.29, 1.82) is 0 Å². The number of carbonyl (C=O) groups excluding carboxylic acids is 1. The molecule has 0 bridgehead atoms. The van der Waals surface area contributed by atoms with E-state index in [0.717, 1.165) is 0 Å². The summed E-state index contributed by atoms with van der Waals surface area (Å²) in [5.41, 5.74) is -0.867. The first-order chi connectivity index (χ1) is 9.00. The van der Waals surface area contributed by atoms with Crippen molar-refractivity contribution in [2.24, 2.45) is 0 Å².